The normalized spacial score (nSPS) is 10.7. The van der Waals surface area contributed by atoms with Crippen LogP contribution in [0.2, 0.25) is 0 Å². The maximum absolute atomic E-state index is 12.0. The Bertz CT molecular complexity index is 584. The third-order valence-electron chi connectivity index (χ3n) is 2.89. The van der Waals surface area contributed by atoms with Gasteiger partial charge in [-0.3, -0.25) is 9.78 Å². The van der Waals surface area contributed by atoms with E-state index >= 15 is 0 Å². The zero-order chi connectivity index (χ0) is 15.2. The van der Waals surface area contributed by atoms with Crippen molar-refractivity contribution < 1.29 is 9.53 Å². The predicted molar refractivity (Wildman–Crippen MR) is 82.4 cm³/mol. The Morgan fingerprint density at radius 2 is 2.29 bits per heavy atom. The molecular weight excluding hydrogens is 286 g/mol. The van der Waals surface area contributed by atoms with Gasteiger partial charge in [0.1, 0.15) is 5.75 Å². The average Bonchev–Trinajstić information content (AvgIpc) is 2.94. The summed E-state index contributed by atoms with van der Waals surface area (Å²) in [4.78, 5) is 22.1. The fourth-order valence-corrected chi connectivity index (χ4v) is 2.51. The zero-order valence-corrected chi connectivity index (χ0v) is 13.3. The van der Waals surface area contributed by atoms with E-state index in [9.17, 15) is 4.79 Å². The van der Waals surface area contributed by atoms with Gasteiger partial charge >= 0.3 is 0 Å². The molecular formula is C15H19N3O2S. The molecule has 0 bridgehead atoms. The minimum atomic E-state index is -0.0852. The Morgan fingerprint density at radius 1 is 1.48 bits per heavy atom. The fraction of sp³-hybridized carbons (Fsp3) is 0.400. The number of nitrogens with zero attached hydrogens (tertiary/aromatic N) is 3. The molecule has 0 saturated carbocycles. The highest BCUT2D eigenvalue weighted by Gasteiger charge is 2.13. The highest BCUT2D eigenvalue weighted by Crippen LogP contribution is 2.19. The van der Waals surface area contributed by atoms with E-state index in [-0.39, 0.29) is 12.5 Å². The van der Waals surface area contributed by atoms with Crippen molar-refractivity contribution >= 4 is 17.2 Å². The zero-order valence-electron chi connectivity index (χ0n) is 12.4. The quantitative estimate of drug-likeness (QED) is 0.823. The van der Waals surface area contributed by atoms with Crippen LogP contribution in [0.1, 0.15) is 30.5 Å². The molecule has 0 atom stereocenters. The second-order valence-corrected chi connectivity index (χ2v) is 5.95. The first kappa shape index (κ1) is 15.4. The van der Waals surface area contributed by atoms with E-state index in [4.69, 9.17) is 4.74 Å². The van der Waals surface area contributed by atoms with Gasteiger partial charge in [0.25, 0.3) is 5.91 Å². The number of carbonyl (C=O) groups is 1. The van der Waals surface area contributed by atoms with Gasteiger partial charge in [-0.15, -0.1) is 11.3 Å². The van der Waals surface area contributed by atoms with E-state index in [1.807, 2.05) is 5.38 Å². The molecule has 0 aromatic carbocycles. The molecule has 2 heterocycles. The van der Waals surface area contributed by atoms with Gasteiger partial charge in [0, 0.05) is 24.5 Å². The van der Waals surface area contributed by atoms with Crippen molar-refractivity contribution in [1.29, 1.82) is 0 Å². The number of rotatable bonds is 6. The van der Waals surface area contributed by atoms with E-state index in [0.717, 1.165) is 10.7 Å². The van der Waals surface area contributed by atoms with Crippen LogP contribution in [0.4, 0.5) is 0 Å². The number of thiazole rings is 1. The Hall–Kier alpha value is -1.95. The molecule has 0 unspecified atom stereocenters. The fourth-order valence-electron chi connectivity index (χ4n) is 1.68. The molecule has 2 aromatic heterocycles. The molecule has 0 fully saturated rings. The minimum Gasteiger partial charge on any atom is -0.482 e. The van der Waals surface area contributed by atoms with Gasteiger partial charge < -0.3 is 9.64 Å². The van der Waals surface area contributed by atoms with Gasteiger partial charge in [-0.25, -0.2) is 4.98 Å². The lowest BCUT2D eigenvalue weighted by Crippen LogP contribution is -2.31. The standard InChI is InChI=1S/C15H19N3O2S/c1-11(2)15-17-12(10-21-15)8-18(3)14(19)9-20-13-5-4-6-16-7-13/h4-7,10-11H,8-9H2,1-3H3. The van der Waals surface area contributed by atoms with Crippen molar-refractivity contribution in [1.82, 2.24) is 14.9 Å². The summed E-state index contributed by atoms with van der Waals surface area (Å²) in [7, 11) is 1.75. The first-order valence-corrected chi connectivity index (χ1v) is 7.65. The summed E-state index contributed by atoms with van der Waals surface area (Å²) in [6, 6.07) is 3.54. The molecule has 0 radical (unpaired) electrons. The maximum atomic E-state index is 12.0. The number of carbonyl (C=O) groups excluding carboxylic acids is 1. The second kappa shape index (κ2) is 7.17. The van der Waals surface area contributed by atoms with Crippen LogP contribution in [-0.4, -0.2) is 34.4 Å². The van der Waals surface area contributed by atoms with E-state index in [1.165, 1.54) is 0 Å². The van der Waals surface area contributed by atoms with Gasteiger partial charge in [-0.05, 0) is 12.1 Å². The monoisotopic (exact) mass is 305 g/mol. The number of hydrogen-bond acceptors (Lipinski definition) is 5. The SMILES string of the molecule is CC(C)c1nc(CN(C)C(=O)COc2cccnc2)cs1. The van der Waals surface area contributed by atoms with Crippen molar-refractivity contribution in [2.75, 3.05) is 13.7 Å². The summed E-state index contributed by atoms with van der Waals surface area (Å²) in [6.45, 7) is 4.72. The lowest BCUT2D eigenvalue weighted by atomic mass is 10.2. The van der Waals surface area contributed by atoms with Crippen molar-refractivity contribution in [3.63, 3.8) is 0 Å². The Morgan fingerprint density at radius 3 is 2.90 bits per heavy atom. The molecule has 0 N–H and O–H groups in total. The van der Waals surface area contributed by atoms with Crippen molar-refractivity contribution in [3.8, 4) is 5.75 Å². The molecule has 0 spiro atoms. The summed E-state index contributed by atoms with van der Waals surface area (Å²) in [5.41, 5.74) is 0.918. The number of ether oxygens (including phenoxy) is 1. The largest absolute Gasteiger partial charge is 0.482 e. The number of aromatic nitrogens is 2. The Balaban J connectivity index is 1.84. The Kier molecular flexibility index (Phi) is 5.27. The average molecular weight is 305 g/mol. The molecule has 2 aromatic rings. The summed E-state index contributed by atoms with van der Waals surface area (Å²) < 4.78 is 5.40. The van der Waals surface area contributed by atoms with Crippen molar-refractivity contribution in [2.45, 2.75) is 26.3 Å². The lowest BCUT2D eigenvalue weighted by molar-refractivity contribution is -0.132. The molecule has 1 amide bonds. The first-order chi connectivity index (χ1) is 10.1. The number of likely N-dealkylation sites (N-methyl/N-ethyl adjacent to an activating group) is 1. The molecule has 112 valence electrons. The molecule has 0 saturated heterocycles. The third kappa shape index (κ3) is 4.53. The number of amides is 1. The topological polar surface area (TPSA) is 55.3 Å². The molecule has 5 nitrogen and oxygen atoms in total. The third-order valence-corrected chi connectivity index (χ3v) is 4.08. The minimum absolute atomic E-state index is 0.00334. The van der Waals surface area contributed by atoms with Crippen LogP contribution in [0.3, 0.4) is 0 Å². The second-order valence-electron chi connectivity index (χ2n) is 5.06. The summed E-state index contributed by atoms with van der Waals surface area (Å²) >= 11 is 1.63. The van der Waals surface area contributed by atoms with Crippen molar-refractivity contribution in [2.24, 2.45) is 0 Å². The van der Waals surface area contributed by atoms with Gasteiger partial charge in [0.05, 0.1) is 23.4 Å². The van der Waals surface area contributed by atoms with Crippen LogP contribution in [0.15, 0.2) is 29.9 Å². The smallest absolute Gasteiger partial charge is 0.260 e. The van der Waals surface area contributed by atoms with Gasteiger partial charge in [-0.2, -0.15) is 0 Å². The Labute approximate surface area is 128 Å². The molecule has 0 aliphatic carbocycles. The lowest BCUT2D eigenvalue weighted by Gasteiger charge is -2.16. The summed E-state index contributed by atoms with van der Waals surface area (Å²) in [5.74, 6) is 0.923. The van der Waals surface area contributed by atoms with E-state index in [1.54, 1.807) is 47.8 Å². The van der Waals surface area contributed by atoms with Crippen LogP contribution in [-0.2, 0) is 11.3 Å². The van der Waals surface area contributed by atoms with Gasteiger partial charge in [0.2, 0.25) is 0 Å². The molecule has 2 rings (SSSR count). The van der Waals surface area contributed by atoms with E-state index < -0.39 is 0 Å². The van der Waals surface area contributed by atoms with Gasteiger partial charge in [0.15, 0.2) is 6.61 Å². The van der Waals surface area contributed by atoms with E-state index in [2.05, 4.69) is 23.8 Å². The summed E-state index contributed by atoms with van der Waals surface area (Å²) in [6.07, 6.45) is 3.25. The van der Waals surface area contributed by atoms with Crippen molar-refractivity contribution in [3.05, 3.63) is 40.6 Å². The number of pyridine rings is 1. The molecule has 21 heavy (non-hydrogen) atoms. The van der Waals surface area contributed by atoms with Crippen LogP contribution in [0, 0.1) is 0 Å². The van der Waals surface area contributed by atoms with Gasteiger partial charge in [-0.1, -0.05) is 13.8 Å². The number of hydrogen-bond donors (Lipinski definition) is 0. The highest BCUT2D eigenvalue weighted by atomic mass is 32.1. The molecule has 0 aliphatic rings. The maximum Gasteiger partial charge on any atom is 0.260 e. The highest BCUT2D eigenvalue weighted by molar-refractivity contribution is 7.09. The van der Waals surface area contributed by atoms with E-state index in [0.29, 0.717) is 18.2 Å². The molecule has 6 heteroatoms. The summed E-state index contributed by atoms with van der Waals surface area (Å²) in [5, 5.41) is 3.10. The van der Waals surface area contributed by atoms with Crippen LogP contribution in [0.5, 0.6) is 5.75 Å². The van der Waals surface area contributed by atoms with Crippen LogP contribution in [0.25, 0.3) is 0 Å². The van der Waals surface area contributed by atoms with Crippen LogP contribution >= 0.6 is 11.3 Å². The van der Waals surface area contributed by atoms with Crippen LogP contribution < -0.4 is 4.74 Å². The predicted octanol–water partition coefficient (Wildman–Crippen LogP) is 2.70. The molecule has 0 aliphatic heterocycles. The first-order valence-electron chi connectivity index (χ1n) is 6.77.